The van der Waals surface area contributed by atoms with E-state index in [1.54, 1.807) is 14.2 Å². The summed E-state index contributed by atoms with van der Waals surface area (Å²) in [6.07, 6.45) is 5.50. The van der Waals surface area contributed by atoms with Crippen LogP contribution in [0.3, 0.4) is 0 Å². The predicted molar refractivity (Wildman–Crippen MR) is 97.7 cm³/mol. The Labute approximate surface area is 141 Å². The number of methoxy groups -OCH3 is 2. The average Bonchev–Trinajstić information content (AvgIpc) is 2.92. The van der Waals surface area contributed by atoms with Gasteiger partial charge in [0.15, 0.2) is 0 Å². The first-order valence-electron chi connectivity index (χ1n) is 8.25. The summed E-state index contributed by atoms with van der Waals surface area (Å²) < 4.78 is 11.5. The van der Waals surface area contributed by atoms with Gasteiger partial charge in [0.2, 0.25) is 0 Å². The molecule has 0 unspecified atom stereocenters. The molecule has 0 fully saturated rings. The second-order valence-electron chi connectivity index (χ2n) is 8.01. The van der Waals surface area contributed by atoms with Crippen molar-refractivity contribution in [2.75, 3.05) is 14.2 Å². The van der Waals surface area contributed by atoms with Crippen LogP contribution in [0.4, 0.5) is 0 Å². The van der Waals surface area contributed by atoms with Crippen LogP contribution in [0.2, 0.25) is 0 Å². The maximum atomic E-state index is 5.88. The summed E-state index contributed by atoms with van der Waals surface area (Å²) in [7, 11) is 3.49. The third-order valence-corrected chi connectivity index (χ3v) is 4.82. The number of ether oxygens (including phenoxy) is 2. The fraction of sp³-hybridized carbons (Fsp3) is 0.524. The average molecular weight is 314 g/mol. The highest BCUT2D eigenvalue weighted by Crippen LogP contribution is 2.46. The summed E-state index contributed by atoms with van der Waals surface area (Å²) in [5.41, 5.74) is 5.09. The van der Waals surface area contributed by atoms with E-state index in [4.69, 9.17) is 9.47 Å². The van der Waals surface area contributed by atoms with Crippen LogP contribution in [0.5, 0.6) is 11.5 Å². The van der Waals surface area contributed by atoms with Crippen LogP contribution in [0.25, 0.3) is 0 Å². The Hall–Kier alpha value is -1.70. The molecule has 2 heteroatoms. The van der Waals surface area contributed by atoms with Crippen molar-refractivity contribution in [3.05, 3.63) is 46.6 Å². The molecule has 2 nitrogen and oxygen atoms in total. The zero-order valence-electron chi connectivity index (χ0n) is 15.8. The smallest absolute Gasteiger partial charge is 0.126 e. The van der Waals surface area contributed by atoms with Crippen LogP contribution in [-0.2, 0) is 10.8 Å². The van der Waals surface area contributed by atoms with E-state index in [0.717, 1.165) is 17.9 Å². The molecule has 0 radical (unpaired) electrons. The lowest BCUT2D eigenvalue weighted by Gasteiger charge is -2.33. The van der Waals surface area contributed by atoms with Crippen molar-refractivity contribution in [1.29, 1.82) is 0 Å². The third kappa shape index (κ3) is 3.31. The molecule has 0 aliphatic heterocycles. The lowest BCUT2D eigenvalue weighted by atomic mass is 9.73. The van der Waals surface area contributed by atoms with Crippen molar-refractivity contribution in [3.63, 3.8) is 0 Å². The van der Waals surface area contributed by atoms with E-state index < -0.39 is 0 Å². The van der Waals surface area contributed by atoms with E-state index in [0.29, 0.717) is 0 Å². The van der Waals surface area contributed by atoms with Crippen LogP contribution in [0.1, 0.15) is 59.1 Å². The van der Waals surface area contributed by atoms with Gasteiger partial charge in [-0.25, -0.2) is 0 Å². The number of hydrogen-bond donors (Lipinski definition) is 0. The number of rotatable bonds is 4. The van der Waals surface area contributed by atoms with Gasteiger partial charge in [0.1, 0.15) is 11.5 Å². The van der Waals surface area contributed by atoms with Crippen molar-refractivity contribution in [2.24, 2.45) is 0 Å². The third-order valence-electron chi connectivity index (χ3n) is 4.82. The first-order chi connectivity index (χ1) is 10.6. The van der Waals surface area contributed by atoms with Crippen LogP contribution < -0.4 is 9.47 Å². The van der Waals surface area contributed by atoms with E-state index in [1.165, 1.54) is 22.3 Å². The quantitative estimate of drug-likeness (QED) is 0.725. The highest BCUT2D eigenvalue weighted by molar-refractivity contribution is 5.56. The van der Waals surface area contributed by atoms with Gasteiger partial charge in [0, 0.05) is 16.5 Å². The van der Waals surface area contributed by atoms with E-state index in [-0.39, 0.29) is 10.8 Å². The Morgan fingerprint density at radius 1 is 0.870 bits per heavy atom. The molecule has 23 heavy (non-hydrogen) atoms. The molecule has 1 aliphatic rings. The summed E-state index contributed by atoms with van der Waals surface area (Å²) >= 11 is 0. The molecule has 0 heterocycles. The summed E-state index contributed by atoms with van der Waals surface area (Å²) in [5.74, 6) is 1.87. The van der Waals surface area contributed by atoms with E-state index in [9.17, 15) is 0 Å². The molecule has 1 aliphatic carbocycles. The topological polar surface area (TPSA) is 18.5 Å². The number of allylic oxidation sites excluding steroid dienone is 4. The SMILES string of the molecule is COc1cc(C(C)(C)C)c(OC)c(C(C)(C)C2=CC=C(C)C2)c1. The minimum absolute atomic E-state index is 0.0110. The first-order valence-corrected chi connectivity index (χ1v) is 8.25. The van der Waals surface area contributed by atoms with Gasteiger partial charge < -0.3 is 9.47 Å². The minimum Gasteiger partial charge on any atom is -0.497 e. The lowest BCUT2D eigenvalue weighted by Crippen LogP contribution is -2.23. The van der Waals surface area contributed by atoms with Gasteiger partial charge in [-0.05, 0) is 30.9 Å². The summed E-state index contributed by atoms with van der Waals surface area (Å²) in [6, 6.07) is 4.23. The Bertz CT molecular complexity index is 655. The van der Waals surface area contributed by atoms with Gasteiger partial charge in [-0.15, -0.1) is 0 Å². The maximum Gasteiger partial charge on any atom is 0.126 e. The first kappa shape index (κ1) is 17.7. The summed E-state index contributed by atoms with van der Waals surface area (Å²) in [5, 5.41) is 0. The highest BCUT2D eigenvalue weighted by Gasteiger charge is 2.33. The Morgan fingerprint density at radius 2 is 1.48 bits per heavy atom. The standard InChI is InChI=1S/C21H30O2/c1-14-9-10-15(11-14)21(5,6)18-13-16(22-7)12-17(19(18)23-8)20(2,3)4/h9-10,12-13H,11H2,1-8H3. The molecular formula is C21H30O2. The zero-order chi connectivity index (χ0) is 17.4. The Kier molecular flexibility index (Phi) is 4.66. The van der Waals surface area contributed by atoms with Crippen molar-refractivity contribution >= 4 is 0 Å². The monoisotopic (exact) mass is 314 g/mol. The minimum atomic E-state index is -0.103. The van der Waals surface area contributed by atoms with Gasteiger partial charge in [-0.3, -0.25) is 0 Å². The molecule has 0 aromatic heterocycles. The molecule has 2 rings (SSSR count). The summed E-state index contributed by atoms with van der Waals surface area (Å²) in [4.78, 5) is 0. The largest absolute Gasteiger partial charge is 0.497 e. The van der Waals surface area contributed by atoms with E-state index in [1.807, 2.05) is 0 Å². The maximum absolute atomic E-state index is 5.88. The van der Waals surface area contributed by atoms with Crippen molar-refractivity contribution in [2.45, 2.75) is 58.8 Å². The lowest BCUT2D eigenvalue weighted by molar-refractivity contribution is 0.374. The normalized spacial score (nSPS) is 15.3. The fourth-order valence-electron chi connectivity index (χ4n) is 3.22. The molecule has 0 atom stereocenters. The van der Waals surface area contributed by atoms with Crippen molar-refractivity contribution in [1.82, 2.24) is 0 Å². The fourth-order valence-corrected chi connectivity index (χ4v) is 3.22. The van der Waals surface area contributed by atoms with Crippen LogP contribution in [0.15, 0.2) is 35.4 Å². The van der Waals surface area contributed by atoms with E-state index in [2.05, 4.69) is 65.8 Å². The Morgan fingerprint density at radius 3 is 1.91 bits per heavy atom. The van der Waals surface area contributed by atoms with Crippen LogP contribution in [0, 0.1) is 0 Å². The van der Waals surface area contributed by atoms with Gasteiger partial charge in [-0.1, -0.05) is 57.9 Å². The van der Waals surface area contributed by atoms with Gasteiger partial charge in [0.05, 0.1) is 14.2 Å². The molecule has 0 spiro atoms. The van der Waals surface area contributed by atoms with Crippen LogP contribution in [-0.4, -0.2) is 14.2 Å². The summed E-state index contributed by atoms with van der Waals surface area (Å²) in [6.45, 7) is 13.4. The molecule has 1 aromatic rings. The molecule has 0 N–H and O–H groups in total. The second kappa shape index (κ2) is 6.07. The van der Waals surface area contributed by atoms with Crippen molar-refractivity contribution in [3.8, 4) is 11.5 Å². The molecular weight excluding hydrogens is 284 g/mol. The molecule has 0 saturated carbocycles. The van der Waals surface area contributed by atoms with Crippen LogP contribution >= 0.6 is 0 Å². The second-order valence-corrected chi connectivity index (χ2v) is 8.01. The van der Waals surface area contributed by atoms with Gasteiger partial charge in [-0.2, -0.15) is 0 Å². The zero-order valence-corrected chi connectivity index (χ0v) is 15.8. The molecule has 0 amide bonds. The molecule has 1 aromatic carbocycles. The predicted octanol–water partition coefficient (Wildman–Crippen LogP) is 5.56. The molecule has 0 bridgehead atoms. The molecule has 126 valence electrons. The number of benzene rings is 1. The van der Waals surface area contributed by atoms with E-state index >= 15 is 0 Å². The molecule has 0 saturated heterocycles. The number of hydrogen-bond acceptors (Lipinski definition) is 2. The van der Waals surface area contributed by atoms with Gasteiger partial charge in [0.25, 0.3) is 0 Å². The highest BCUT2D eigenvalue weighted by atomic mass is 16.5. The van der Waals surface area contributed by atoms with Crippen molar-refractivity contribution < 1.29 is 9.47 Å². The van der Waals surface area contributed by atoms with Gasteiger partial charge >= 0.3 is 0 Å². The Balaban J connectivity index is 2.66.